The Morgan fingerprint density at radius 3 is 2.97 bits per heavy atom. The Morgan fingerprint density at radius 2 is 2.19 bits per heavy atom. The molecule has 1 N–H and O–H groups in total. The van der Waals surface area contributed by atoms with E-state index < -0.39 is 0 Å². The zero-order valence-corrected chi connectivity index (χ0v) is 18.7. The number of ether oxygens (including phenoxy) is 1. The quantitative estimate of drug-likeness (QED) is 0.436. The average Bonchev–Trinajstić information content (AvgIpc) is 3.55. The van der Waals surface area contributed by atoms with E-state index in [1.165, 1.54) is 16.2 Å². The van der Waals surface area contributed by atoms with Crippen molar-refractivity contribution in [1.29, 1.82) is 0 Å². The Bertz CT molecular complexity index is 1260. The molecule has 2 saturated heterocycles. The molecule has 0 aliphatic carbocycles. The number of aromatic nitrogens is 2. The molecule has 2 fully saturated rings. The summed E-state index contributed by atoms with van der Waals surface area (Å²) in [4.78, 5) is 32.9. The summed E-state index contributed by atoms with van der Waals surface area (Å²) >= 11 is 6.63. The van der Waals surface area contributed by atoms with Crippen molar-refractivity contribution in [3.8, 4) is 0 Å². The van der Waals surface area contributed by atoms with E-state index >= 15 is 0 Å². The summed E-state index contributed by atoms with van der Waals surface area (Å²) in [6, 6.07) is 8.95. The van der Waals surface area contributed by atoms with E-state index in [4.69, 9.17) is 21.4 Å². The first-order valence-corrected chi connectivity index (χ1v) is 11.5. The lowest BCUT2D eigenvalue weighted by Gasteiger charge is -2.18. The molecule has 0 radical (unpaired) electrons. The second-order valence-electron chi connectivity index (χ2n) is 7.47. The van der Waals surface area contributed by atoms with Gasteiger partial charge in [-0.3, -0.25) is 18.9 Å². The lowest BCUT2D eigenvalue weighted by molar-refractivity contribution is -0.123. The van der Waals surface area contributed by atoms with Gasteiger partial charge in [-0.25, -0.2) is 4.98 Å². The summed E-state index contributed by atoms with van der Waals surface area (Å²) in [7, 11) is 0. The highest BCUT2D eigenvalue weighted by molar-refractivity contribution is 8.26. The molecule has 1 atom stereocenters. The third-order valence-electron chi connectivity index (χ3n) is 5.34. The highest BCUT2D eigenvalue weighted by Crippen LogP contribution is 2.34. The number of nitrogens with zero attached hydrogens (tertiary/aromatic N) is 3. The Labute approximate surface area is 193 Å². The van der Waals surface area contributed by atoms with Gasteiger partial charge >= 0.3 is 0 Å². The van der Waals surface area contributed by atoms with Crippen LogP contribution in [0.2, 0.25) is 0 Å². The Morgan fingerprint density at radius 1 is 1.28 bits per heavy atom. The summed E-state index contributed by atoms with van der Waals surface area (Å²) in [5, 5.41) is 3.17. The molecule has 3 aromatic heterocycles. The van der Waals surface area contributed by atoms with Crippen LogP contribution in [0.5, 0.6) is 0 Å². The number of anilines is 1. The number of carbonyl (C=O) groups excluding carboxylic acids is 1. The summed E-state index contributed by atoms with van der Waals surface area (Å²) in [6.07, 6.45) is 6.71. The van der Waals surface area contributed by atoms with Crippen molar-refractivity contribution in [1.82, 2.24) is 14.3 Å². The van der Waals surface area contributed by atoms with Crippen LogP contribution in [-0.2, 0) is 16.1 Å². The van der Waals surface area contributed by atoms with Crippen LogP contribution in [0.4, 0.5) is 5.82 Å². The van der Waals surface area contributed by atoms with Crippen LogP contribution in [0.15, 0.2) is 56.9 Å². The maximum atomic E-state index is 13.3. The van der Waals surface area contributed by atoms with Crippen molar-refractivity contribution < 1.29 is 13.9 Å². The van der Waals surface area contributed by atoms with Crippen molar-refractivity contribution in [2.24, 2.45) is 0 Å². The Balaban J connectivity index is 1.50. The normalized spacial score (nSPS) is 20.1. The van der Waals surface area contributed by atoms with Gasteiger partial charge in [0, 0.05) is 12.8 Å². The largest absolute Gasteiger partial charge is 0.467 e. The molecular weight excluding hydrogens is 448 g/mol. The second kappa shape index (κ2) is 8.89. The number of thioether (sulfide) groups is 1. The fourth-order valence-corrected chi connectivity index (χ4v) is 4.99. The topological polar surface area (TPSA) is 89.1 Å². The number of fused-ring (bicyclic) bond motifs is 1. The van der Waals surface area contributed by atoms with Crippen molar-refractivity contribution in [2.75, 3.05) is 18.5 Å². The zero-order valence-electron chi connectivity index (χ0n) is 17.0. The van der Waals surface area contributed by atoms with E-state index in [-0.39, 0.29) is 23.1 Å². The number of furan rings is 1. The molecule has 164 valence electrons. The molecule has 1 amide bonds. The number of nitrogens with one attached hydrogen (secondary N) is 1. The minimum atomic E-state index is -0.276. The SMILES string of the molecule is O=C1/C(=C/c2c(NCc3ccco3)nc3ccccn3c2=O)SC(=S)N1CC1CCCO1. The Hall–Kier alpha value is -2.95. The van der Waals surface area contributed by atoms with Crippen LogP contribution < -0.4 is 10.9 Å². The van der Waals surface area contributed by atoms with Crippen molar-refractivity contribution >= 4 is 51.7 Å². The molecule has 5 rings (SSSR count). The van der Waals surface area contributed by atoms with E-state index in [0.29, 0.717) is 46.1 Å². The smallest absolute Gasteiger partial charge is 0.267 e. The first-order chi connectivity index (χ1) is 15.6. The molecular formula is C22H20N4O4S2. The summed E-state index contributed by atoms with van der Waals surface area (Å²) in [6.45, 7) is 1.49. The van der Waals surface area contributed by atoms with Crippen LogP contribution >= 0.6 is 24.0 Å². The summed E-state index contributed by atoms with van der Waals surface area (Å²) in [5.74, 6) is 0.862. The van der Waals surface area contributed by atoms with Gasteiger partial charge in [-0.1, -0.05) is 30.0 Å². The maximum Gasteiger partial charge on any atom is 0.267 e. The standard InChI is InChI=1S/C22H20N4O4S2/c27-20-16(11-17-21(28)26(22(31)32-17)13-15-6-4-10-30-15)19(23-12-14-5-3-9-29-14)24-18-7-1-2-8-25(18)20/h1-3,5,7-9,11,15,23H,4,6,10,12-13H2/b17-11-. The lowest BCUT2D eigenvalue weighted by Crippen LogP contribution is -2.35. The van der Waals surface area contributed by atoms with Gasteiger partial charge in [-0.15, -0.1) is 0 Å². The molecule has 0 saturated carbocycles. The van der Waals surface area contributed by atoms with Gasteiger partial charge < -0.3 is 14.5 Å². The first kappa shape index (κ1) is 20.9. The molecule has 0 bridgehead atoms. The van der Waals surface area contributed by atoms with Gasteiger partial charge in [0.1, 0.15) is 21.5 Å². The summed E-state index contributed by atoms with van der Waals surface area (Å²) < 4.78 is 12.9. The van der Waals surface area contributed by atoms with E-state index in [1.54, 1.807) is 41.6 Å². The average molecular weight is 469 g/mol. The summed E-state index contributed by atoms with van der Waals surface area (Å²) in [5.41, 5.74) is 0.516. The number of hydrogen-bond acceptors (Lipinski definition) is 8. The minimum absolute atomic E-state index is 0.00432. The molecule has 2 aliphatic rings. The second-order valence-corrected chi connectivity index (χ2v) is 9.14. The number of rotatable bonds is 6. The van der Waals surface area contributed by atoms with Crippen LogP contribution in [0.1, 0.15) is 24.2 Å². The number of thiocarbonyl (C=S) groups is 1. The molecule has 0 spiro atoms. The van der Waals surface area contributed by atoms with E-state index in [2.05, 4.69) is 10.3 Å². The Kier molecular flexibility index (Phi) is 5.81. The zero-order chi connectivity index (χ0) is 22.1. The maximum absolute atomic E-state index is 13.3. The van der Waals surface area contributed by atoms with Crippen molar-refractivity contribution in [3.63, 3.8) is 0 Å². The third kappa shape index (κ3) is 4.08. The molecule has 1 unspecified atom stereocenters. The van der Waals surface area contributed by atoms with E-state index in [0.717, 1.165) is 12.8 Å². The predicted octanol–water partition coefficient (Wildman–Crippen LogP) is 3.28. The number of carbonyl (C=O) groups is 1. The van der Waals surface area contributed by atoms with Gasteiger partial charge in [-0.2, -0.15) is 0 Å². The van der Waals surface area contributed by atoms with E-state index in [9.17, 15) is 9.59 Å². The van der Waals surface area contributed by atoms with Gasteiger partial charge in [0.05, 0.1) is 35.9 Å². The molecule has 5 heterocycles. The molecule has 8 nitrogen and oxygen atoms in total. The number of pyridine rings is 1. The lowest BCUT2D eigenvalue weighted by atomic mass is 10.2. The number of hydrogen-bond donors (Lipinski definition) is 1. The van der Waals surface area contributed by atoms with Crippen molar-refractivity contribution in [3.05, 3.63) is 69.4 Å². The van der Waals surface area contributed by atoms with Crippen LogP contribution in [0, 0.1) is 0 Å². The van der Waals surface area contributed by atoms with Gasteiger partial charge in [0.2, 0.25) is 0 Å². The minimum Gasteiger partial charge on any atom is -0.467 e. The molecule has 2 aliphatic heterocycles. The van der Waals surface area contributed by atoms with Gasteiger partial charge in [0.15, 0.2) is 0 Å². The molecule has 32 heavy (non-hydrogen) atoms. The van der Waals surface area contributed by atoms with Crippen LogP contribution in [0.25, 0.3) is 11.7 Å². The monoisotopic (exact) mass is 468 g/mol. The highest BCUT2D eigenvalue weighted by Gasteiger charge is 2.35. The van der Waals surface area contributed by atoms with Crippen molar-refractivity contribution in [2.45, 2.75) is 25.5 Å². The third-order valence-corrected chi connectivity index (χ3v) is 6.72. The van der Waals surface area contributed by atoms with Crippen LogP contribution in [-0.4, -0.2) is 43.8 Å². The number of amides is 1. The van der Waals surface area contributed by atoms with Crippen LogP contribution in [0.3, 0.4) is 0 Å². The predicted molar refractivity (Wildman–Crippen MR) is 126 cm³/mol. The highest BCUT2D eigenvalue weighted by atomic mass is 32.2. The first-order valence-electron chi connectivity index (χ1n) is 10.2. The molecule has 10 heteroatoms. The van der Waals surface area contributed by atoms with Gasteiger partial charge in [-0.05, 0) is 43.2 Å². The van der Waals surface area contributed by atoms with E-state index in [1.807, 2.05) is 12.1 Å². The molecule has 3 aromatic rings. The fraction of sp³-hybridized carbons (Fsp3) is 0.273. The van der Waals surface area contributed by atoms with Gasteiger partial charge in [0.25, 0.3) is 11.5 Å². The fourth-order valence-electron chi connectivity index (χ4n) is 3.73. The molecule has 0 aromatic carbocycles.